The predicted octanol–water partition coefficient (Wildman–Crippen LogP) is -1.57. The Bertz CT molecular complexity index is 351. The van der Waals surface area contributed by atoms with Gasteiger partial charge in [0, 0.05) is 34.1 Å². The predicted molar refractivity (Wildman–Crippen MR) is 46.6 cm³/mol. The van der Waals surface area contributed by atoms with Gasteiger partial charge in [-0.2, -0.15) is 16.8 Å². The second kappa shape index (κ2) is 12.7. The Hall–Kier alpha value is 2.65. The van der Waals surface area contributed by atoms with Crippen LogP contribution in [0.15, 0.2) is 0 Å². The van der Waals surface area contributed by atoms with Crippen LogP contribution in [-0.2, 0) is 63.3 Å². The second-order valence-corrected chi connectivity index (χ2v) is 3.32. The Morgan fingerprint density at radius 1 is 0.875 bits per heavy atom. The Morgan fingerprint density at radius 2 is 1.06 bits per heavy atom. The molecule has 2 radical (unpaired) electrons. The molecule has 0 saturated heterocycles. The zero-order valence-electron chi connectivity index (χ0n) is 11.2. The van der Waals surface area contributed by atoms with Crippen molar-refractivity contribution in [2.75, 3.05) is 0 Å². The summed E-state index contributed by atoms with van der Waals surface area (Å²) in [6.07, 6.45) is -2.29. The van der Waals surface area contributed by atoms with Gasteiger partial charge in [-0.3, -0.25) is 17.5 Å². The number of carbonyl (C=O) groups is 1. The summed E-state index contributed by atoms with van der Waals surface area (Å²) in [5.41, 5.74) is 0. The summed E-state index contributed by atoms with van der Waals surface area (Å²) in [7, 11) is -10.3. The smallest absolute Gasteiger partial charge is 1.00 e. The first-order valence-corrected chi connectivity index (χ1v) is 4.71. The largest absolute Gasteiger partial charge is 2.00 e. The third-order valence-electron chi connectivity index (χ3n) is 0.347. The zero-order chi connectivity index (χ0) is 9.99. The van der Waals surface area contributed by atoms with E-state index in [2.05, 4.69) is 8.37 Å². The van der Waals surface area contributed by atoms with Gasteiger partial charge in [0.05, 0.1) is 0 Å². The van der Waals surface area contributed by atoms with Crippen LogP contribution in [0.3, 0.4) is 0 Å². The molecule has 16 heavy (non-hydrogen) atoms. The van der Waals surface area contributed by atoms with E-state index in [1.54, 1.807) is 0 Å². The van der Waals surface area contributed by atoms with Crippen molar-refractivity contribution in [3.8, 4) is 0 Å². The molecule has 0 saturated carbocycles. The fourth-order valence-corrected chi connectivity index (χ4v) is 0.641. The van der Waals surface area contributed by atoms with Crippen molar-refractivity contribution in [1.29, 1.82) is 0 Å². The van der Waals surface area contributed by atoms with Crippen LogP contribution in [0, 0.1) is 0 Å². The molecule has 94 valence electrons. The van der Waals surface area contributed by atoms with Gasteiger partial charge in [0.15, 0.2) is 0 Å². The number of hydrogen-bond donors (Lipinski definition) is 2. The van der Waals surface area contributed by atoms with Crippen molar-refractivity contribution in [3.05, 3.63) is 0 Å². The minimum atomic E-state index is -5.15. The van der Waals surface area contributed by atoms with Crippen LogP contribution < -0.4 is 0 Å². The Morgan fingerprint density at radius 3 is 1.19 bits per heavy atom. The first-order chi connectivity index (χ1) is 5.10. The average molecular weight is 416 g/mol. The molecular weight excluding hydrogens is 410 g/mol. The zero-order valence-corrected chi connectivity index (χ0v) is 15.6. The van der Waals surface area contributed by atoms with Crippen LogP contribution in [0.5, 0.6) is 0 Å². The SMILES string of the molecule is O=C(OS(=O)(=O)O)OS(=O)(=O)O.[Ca+2].[Ca+2].[H-].[H-].[H-].[H-].[Mn].[Mn]. The van der Waals surface area contributed by atoms with Gasteiger partial charge in [-0.25, -0.2) is 4.79 Å². The van der Waals surface area contributed by atoms with Gasteiger partial charge in [0.2, 0.25) is 0 Å². The second-order valence-electron chi connectivity index (χ2n) is 1.27. The van der Waals surface area contributed by atoms with Crippen molar-refractivity contribution in [2.24, 2.45) is 0 Å². The van der Waals surface area contributed by atoms with Gasteiger partial charge < -0.3 is 5.71 Å². The molecule has 0 spiro atoms. The van der Waals surface area contributed by atoms with Gasteiger partial charge in [-0.05, 0) is 0 Å². The molecule has 15 heteroatoms. The van der Waals surface area contributed by atoms with Crippen LogP contribution in [0.2, 0.25) is 0 Å². The van der Waals surface area contributed by atoms with Gasteiger partial charge in [-0.15, -0.1) is 0 Å². The van der Waals surface area contributed by atoms with Gasteiger partial charge in [-0.1, -0.05) is 0 Å². The van der Waals surface area contributed by atoms with Crippen molar-refractivity contribution >= 4 is 102 Å². The van der Waals surface area contributed by atoms with E-state index in [4.69, 9.17) is 9.11 Å². The molecule has 0 fully saturated rings. The number of rotatable bonds is 2. The molecule has 0 atom stereocenters. The third-order valence-corrected chi connectivity index (χ3v) is 1.04. The molecule has 0 aromatic carbocycles. The van der Waals surface area contributed by atoms with Crippen LogP contribution in [0.1, 0.15) is 5.71 Å². The fourth-order valence-electron chi connectivity index (χ4n) is 0.186. The van der Waals surface area contributed by atoms with Crippen LogP contribution in [0.4, 0.5) is 4.79 Å². The summed E-state index contributed by atoms with van der Waals surface area (Å²) in [6, 6.07) is 0. The normalized spacial score (nSPS) is 9.12. The average Bonchev–Trinajstić information content (AvgIpc) is 1.49. The summed E-state index contributed by atoms with van der Waals surface area (Å²) in [6.45, 7) is 0. The Balaban J connectivity index is -0.0000000216. The molecule has 2 N–H and O–H groups in total. The molecule has 0 aliphatic carbocycles. The first kappa shape index (κ1) is 31.2. The summed E-state index contributed by atoms with van der Waals surface area (Å²) >= 11 is 0. The maximum atomic E-state index is 9.95. The van der Waals surface area contributed by atoms with Gasteiger partial charge in [0.25, 0.3) is 0 Å². The quantitative estimate of drug-likeness (QED) is 0.403. The maximum absolute atomic E-state index is 9.95. The first-order valence-electron chi connectivity index (χ1n) is 1.98. The molecule has 9 nitrogen and oxygen atoms in total. The maximum Gasteiger partial charge on any atom is 2.00 e. The molecule has 0 aliphatic heterocycles. The molecule has 0 bridgehead atoms. The van der Waals surface area contributed by atoms with E-state index in [-0.39, 0.29) is 115 Å². The van der Waals surface area contributed by atoms with Crippen LogP contribution >= 0.6 is 0 Å². The van der Waals surface area contributed by atoms with E-state index in [9.17, 15) is 21.6 Å². The summed E-state index contributed by atoms with van der Waals surface area (Å²) in [5, 5.41) is 0. The van der Waals surface area contributed by atoms with E-state index < -0.39 is 27.0 Å². The van der Waals surface area contributed by atoms with Crippen molar-refractivity contribution < 1.29 is 78.9 Å². The standard InChI is InChI=1S/CH2O9S2.2Ca.2Mn.4H/c2-1(9-11(3,4)5)10-12(6,7)8;;;;;;;;/h(H,3,4,5)(H,6,7,8);;;;;;;;/q;2*+2;;;4*-1. The molecule has 0 unspecified atom stereocenters. The van der Waals surface area contributed by atoms with E-state index in [0.717, 1.165) is 0 Å². The summed E-state index contributed by atoms with van der Waals surface area (Å²) in [5.74, 6) is 0. The number of carbonyl (C=O) groups excluding carboxylic acids is 1. The molecule has 0 aliphatic rings. The molecule has 0 aromatic rings. The molecule has 0 rings (SSSR count). The summed E-state index contributed by atoms with van der Waals surface area (Å²) < 4.78 is 60.1. The monoisotopic (exact) mass is 416 g/mol. The third kappa shape index (κ3) is 25.5. The van der Waals surface area contributed by atoms with E-state index in [1.165, 1.54) is 0 Å². The molecular formula is CH6Ca2Mn2O9S2. The molecule has 0 heterocycles. The van der Waals surface area contributed by atoms with E-state index in [1.807, 2.05) is 0 Å². The molecule has 0 aromatic heterocycles. The van der Waals surface area contributed by atoms with Gasteiger partial charge >= 0.3 is 102 Å². The van der Waals surface area contributed by atoms with E-state index >= 15 is 0 Å². The van der Waals surface area contributed by atoms with Gasteiger partial charge in [0.1, 0.15) is 0 Å². The van der Waals surface area contributed by atoms with E-state index in [0.29, 0.717) is 0 Å². The minimum Gasteiger partial charge on any atom is -1.00 e. The fraction of sp³-hybridized carbons (Fsp3) is 0. The topological polar surface area (TPSA) is 144 Å². The number of hydrogen-bond acceptors (Lipinski definition) is 7. The van der Waals surface area contributed by atoms with Crippen LogP contribution in [0.25, 0.3) is 0 Å². The van der Waals surface area contributed by atoms with Crippen molar-refractivity contribution in [1.82, 2.24) is 0 Å². The van der Waals surface area contributed by atoms with Crippen molar-refractivity contribution in [3.63, 3.8) is 0 Å². The summed E-state index contributed by atoms with van der Waals surface area (Å²) in [4.78, 5) is 9.95. The van der Waals surface area contributed by atoms with Crippen molar-refractivity contribution in [2.45, 2.75) is 0 Å². The minimum absolute atomic E-state index is 0. The molecule has 0 amide bonds. The Labute approximate surface area is 178 Å². The van der Waals surface area contributed by atoms with Crippen LogP contribution in [-0.4, -0.2) is 108 Å². The Kier molecular flexibility index (Phi) is 24.7.